The molecular formula is C13H15N5. The van der Waals surface area contributed by atoms with Crippen LogP contribution in [-0.2, 0) is 13.6 Å². The summed E-state index contributed by atoms with van der Waals surface area (Å²) < 4.78 is 1.74. The molecule has 0 unspecified atom stereocenters. The van der Waals surface area contributed by atoms with Crippen LogP contribution in [0.1, 0.15) is 16.8 Å². The Kier molecular flexibility index (Phi) is 3.28. The number of rotatable bonds is 3. The lowest BCUT2D eigenvalue weighted by atomic mass is 10.2. The number of pyridine rings is 1. The van der Waals surface area contributed by atoms with Gasteiger partial charge in [-0.15, -0.1) is 0 Å². The summed E-state index contributed by atoms with van der Waals surface area (Å²) in [6, 6.07) is 6.13. The molecule has 0 spiro atoms. The number of aromatic nitrogens is 3. The third-order valence-corrected chi connectivity index (χ3v) is 2.81. The van der Waals surface area contributed by atoms with Gasteiger partial charge >= 0.3 is 0 Å². The Morgan fingerprint density at radius 3 is 2.89 bits per heavy atom. The van der Waals surface area contributed by atoms with Gasteiger partial charge < -0.3 is 4.90 Å². The first kappa shape index (κ1) is 12.1. The van der Waals surface area contributed by atoms with Crippen molar-refractivity contribution in [1.29, 1.82) is 5.26 Å². The van der Waals surface area contributed by atoms with E-state index in [1.165, 1.54) is 0 Å². The second-order valence-electron chi connectivity index (χ2n) is 4.24. The van der Waals surface area contributed by atoms with Gasteiger partial charge in [-0.25, -0.2) is 0 Å². The lowest BCUT2D eigenvalue weighted by molar-refractivity contribution is 0.726. The highest BCUT2D eigenvalue weighted by Crippen LogP contribution is 2.22. The SMILES string of the molecule is Cc1nn(C)c(N(C)Cc2cccnc2)c1C#N. The molecule has 0 aliphatic heterocycles. The molecule has 0 fully saturated rings. The summed E-state index contributed by atoms with van der Waals surface area (Å²) in [7, 11) is 3.80. The largest absolute Gasteiger partial charge is 0.354 e. The van der Waals surface area contributed by atoms with E-state index in [1.807, 2.05) is 44.2 Å². The smallest absolute Gasteiger partial charge is 0.145 e. The van der Waals surface area contributed by atoms with Gasteiger partial charge in [0.2, 0.25) is 0 Å². The second kappa shape index (κ2) is 4.88. The van der Waals surface area contributed by atoms with E-state index in [0.29, 0.717) is 12.1 Å². The highest BCUT2D eigenvalue weighted by Gasteiger charge is 2.16. The normalized spacial score (nSPS) is 10.1. The summed E-state index contributed by atoms with van der Waals surface area (Å²) in [5.41, 5.74) is 2.49. The molecule has 0 aliphatic rings. The average molecular weight is 241 g/mol. The molecule has 2 heterocycles. The van der Waals surface area contributed by atoms with E-state index < -0.39 is 0 Å². The van der Waals surface area contributed by atoms with E-state index in [2.05, 4.69) is 16.2 Å². The molecule has 0 bridgehead atoms. The molecule has 5 heteroatoms. The highest BCUT2D eigenvalue weighted by atomic mass is 15.4. The number of hydrogen-bond donors (Lipinski definition) is 0. The lowest BCUT2D eigenvalue weighted by Gasteiger charge is -2.19. The van der Waals surface area contributed by atoms with Crippen LogP contribution in [0.2, 0.25) is 0 Å². The van der Waals surface area contributed by atoms with Crippen molar-refractivity contribution in [2.75, 3.05) is 11.9 Å². The Morgan fingerprint density at radius 2 is 2.28 bits per heavy atom. The molecule has 0 amide bonds. The predicted octanol–water partition coefficient (Wildman–Crippen LogP) is 1.63. The summed E-state index contributed by atoms with van der Waals surface area (Å²) in [6.45, 7) is 2.54. The van der Waals surface area contributed by atoms with E-state index >= 15 is 0 Å². The van der Waals surface area contributed by atoms with Gasteiger partial charge in [0, 0.05) is 33.0 Å². The van der Waals surface area contributed by atoms with Crippen molar-refractivity contribution in [3.8, 4) is 6.07 Å². The molecule has 92 valence electrons. The molecule has 2 rings (SSSR count). The summed E-state index contributed by atoms with van der Waals surface area (Å²) >= 11 is 0. The Balaban J connectivity index is 2.30. The predicted molar refractivity (Wildman–Crippen MR) is 69.0 cm³/mol. The maximum absolute atomic E-state index is 9.19. The van der Waals surface area contributed by atoms with Gasteiger partial charge in [0.05, 0.1) is 5.69 Å². The van der Waals surface area contributed by atoms with Crippen molar-refractivity contribution in [1.82, 2.24) is 14.8 Å². The topological polar surface area (TPSA) is 57.7 Å². The number of nitrogens with zero attached hydrogens (tertiary/aromatic N) is 5. The molecule has 18 heavy (non-hydrogen) atoms. The fraction of sp³-hybridized carbons (Fsp3) is 0.308. The van der Waals surface area contributed by atoms with Crippen LogP contribution in [0.5, 0.6) is 0 Å². The molecule has 2 aromatic rings. The summed E-state index contributed by atoms with van der Waals surface area (Å²) in [6.07, 6.45) is 3.57. The van der Waals surface area contributed by atoms with Crippen molar-refractivity contribution in [2.24, 2.45) is 7.05 Å². The van der Waals surface area contributed by atoms with Crippen LogP contribution in [0.25, 0.3) is 0 Å². The molecule has 2 aromatic heterocycles. The van der Waals surface area contributed by atoms with E-state index in [4.69, 9.17) is 0 Å². The van der Waals surface area contributed by atoms with E-state index in [0.717, 1.165) is 17.1 Å². The van der Waals surface area contributed by atoms with Gasteiger partial charge in [-0.05, 0) is 18.6 Å². The van der Waals surface area contributed by atoms with Crippen LogP contribution in [0.4, 0.5) is 5.82 Å². The molecule has 0 N–H and O–H groups in total. The lowest BCUT2D eigenvalue weighted by Crippen LogP contribution is -2.20. The minimum Gasteiger partial charge on any atom is -0.354 e. The van der Waals surface area contributed by atoms with E-state index in [-0.39, 0.29) is 0 Å². The van der Waals surface area contributed by atoms with Crippen LogP contribution >= 0.6 is 0 Å². The monoisotopic (exact) mass is 241 g/mol. The van der Waals surface area contributed by atoms with Crippen LogP contribution in [0.15, 0.2) is 24.5 Å². The van der Waals surface area contributed by atoms with Gasteiger partial charge in [0.15, 0.2) is 0 Å². The minimum absolute atomic E-state index is 0.629. The summed E-state index contributed by atoms with van der Waals surface area (Å²) in [4.78, 5) is 6.10. The van der Waals surface area contributed by atoms with Crippen LogP contribution in [0, 0.1) is 18.3 Å². The third-order valence-electron chi connectivity index (χ3n) is 2.81. The Bertz CT molecular complexity index is 579. The zero-order valence-electron chi connectivity index (χ0n) is 10.8. The number of nitriles is 1. The maximum atomic E-state index is 9.19. The molecule has 0 atom stereocenters. The number of hydrogen-bond acceptors (Lipinski definition) is 4. The third kappa shape index (κ3) is 2.18. The van der Waals surface area contributed by atoms with Gasteiger partial charge in [0.1, 0.15) is 17.5 Å². The van der Waals surface area contributed by atoms with Crippen LogP contribution < -0.4 is 4.90 Å². The first-order chi connectivity index (χ1) is 8.63. The standard InChI is InChI=1S/C13H15N5/c1-10-12(7-14)13(18(3)16-10)17(2)9-11-5-4-6-15-8-11/h4-6,8H,9H2,1-3H3. The van der Waals surface area contributed by atoms with Crippen molar-refractivity contribution < 1.29 is 0 Å². The van der Waals surface area contributed by atoms with Crippen molar-refractivity contribution >= 4 is 5.82 Å². The quantitative estimate of drug-likeness (QED) is 0.819. The zero-order valence-corrected chi connectivity index (χ0v) is 10.8. The first-order valence-corrected chi connectivity index (χ1v) is 5.67. The van der Waals surface area contributed by atoms with Crippen molar-refractivity contribution in [3.05, 3.63) is 41.3 Å². The van der Waals surface area contributed by atoms with Crippen LogP contribution in [0.3, 0.4) is 0 Å². The highest BCUT2D eigenvalue weighted by molar-refractivity contribution is 5.56. The van der Waals surface area contributed by atoms with Crippen molar-refractivity contribution in [2.45, 2.75) is 13.5 Å². The van der Waals surface area contributed by atoms with Crippen molar-refractivity contribution in [3.63, 3.8) is 0 Å². The Hall–Kier alpha value is -2.35. The van der Waals surface area contributed by atoms with Crippen LogP contribution in [-0.4, -0.2) is 21.8 Å². The maximum Gasteiger partial charge on any atom is 0.145 e. The summed E-state index contributed by atoms with van der Waals surface area (Å²) in [5, 5.41) is 13.5. The average Bonchev–Trinajstić information content (AvgIpc) is 2.64. The molecule has 0 aliphatic carbocycles. The number of anilines is 1. The van der Waals surface area contributed by atoms with Gasteiger partial charge in [0.25, 0.3) is 0 Å². The minimum atomic E-state index is 0.629. The first-order valence-electron chi connectivity index (χ1n) is 5.67. The number of aryl methyl sites for hydroxylation is 2. The molecule has 5 nitrogen and oxygen atoms in total. The molecule has 0 saturated carbocycles. The zero-order chi connectivity index (χ0) is 13.1. The fourth-order valence-electron chi connectivity index (χ4n) is 2.06. The molecule has 0 saturated heterocycles. The van der Waals surface area contributed by atoms with Gasteiger partial charge in [-0.1, -0.05) is 6.07 Å². The van der Waals surface area contributed by atoms with E-state index in [9.17, 15) is 5.26 Å². The van der Waals surface area contributed by atoms with Gasteiger partial charge in [-0.3, -0.25) is 9.67 Å². The fourth-order valence-corrected chi connectivity index (χ4v) is 2.06. The van der Waals surface area contributed by atoms with E-state index in [1.54, 1.807) is 10.9 Å². The second-order valence-corrected chi connectivity index (χ2v) is 4.24. The summed E-state index contributed by atoms with van der Waals surface area (Å²) in [5.74, 6) is 0.832. The molecule has 0 aromatic carbocycles. The Labute approximate surface area is 106 Å². The molecular weight excluding hydrogens is 226 g/mol. The Morgan fingerprint density at radius 1 is 1.50 bits per heavy atom. The molecule has 0 radical (unpaired) electrons. The van der Waals surface area contributed by atoms with Gasteiger partial charge in [-0.2, -0.15) is 10.4 Å².